The number of anilines is 2. The maximum atomic E-state index is 14.2. The second kappa shape index (κ2) is 22.5. The summed E-state index contributed by atoms with van der Waals surface area (Å²) >= 11 is 10.1. The van der Waals surface area contributed by atoms with Crippen LogP contribution in [-0.2, 0) is 9.59 Å². The number of carbonyl (C=O) groups excluding carboxylic acids is 6. The fourth-order valence-corrected chi connectivity index (χ4v) is 14.1. The molecule has 19 nitrogen and oxygen atoms in total. The Hall–Kier alpha value is -0.640. The lowest BCUT2D eigenvalue weighted by Crippen LogP contribution is -2.51. The number of halogens is 6. The molecule has 13 N–H and O–H groups in total. The van der Waals surface area contributed by atoms with E-state index >= 15 is 0 Å². The Labute approximate surface area is 388 Å². The number of nitrogens with zero attached hydrogens (tertiary/aromatic N) is 2. The zero-order valence-electron chi connectivity index (χ0n) is 27.3. The Morgan fingerprint density at radius 3 is 1.09 bits per heavy atom. The van der Waals surface area contributed by atoms with Crippen LogP contribution in [0.25, 0.3) is 0 Å². The van der Waals surface area contributed by atoms with E-state index in [1.807, 2.05) is 0 Å². The molecule has 0 radical (unpaired) electrons. The van der Waals surface area contributed by atoms with Gasteiger partial charge in [-0.25, -0.2) is 0 Å². The Balaban J connectivity index is 2.84. The van der Waals surface area contributed by atoms with Crippen molar-refractivity contribution >= 4 is 182 Å². The van der Waals surface area contributed by atoms with Crippen LogP contribution in [0.1, 0.15) is 41.4 Å². The molecule has 0 heterocycles. The zero-order valence-corrected chi connectivity index (χ0v) is 40.2. The van der Waals surface area contributed by atoms with Crippen LogP contribution >= 0.6 is 136 Å². The van der Waals surface area contributed by atoms with Gasteiger partial charge in [-0.1, -0.05) is 0 Å². The highest BCUT2D eigenvalue weighted by Gasteiger charge is 2.39. The molecule has 25 heteroatoms. The molecule has 0 aromatic heterocycles. The highest BCUT2D eigenvalue weighted by Crippen LogP contribution is 2.40. The number of nitrogens with one attached hydrogen (secondary N) is 2. The van der Waals surface area contributed by atoms with Crippen LogP contribution in [0, 0.1) is 21.4 Å². The van der Waals surface area contributed by atoms with Crippen LogP contribution in [0.3, 0.4) is 0 Å². The van der Waals surface area contributed by atoms with Gasteiger partial charge in [0.05, 0.1) is 86.5 Å². The second-order valence-corrected chi connectivity index (χ2v) is 17.2. The van der Waals surface area contributed by atoms with Crippen LogP contribution < -0.4 is 31.9 Å². The number of aliphatic hydroxyl groups excluding tert-OH is 7. The second-order valence-electron chi connectivity index (χ2n) is 10.7. The summed E-state index contributed by atoms with van der Waals surface area (Å²) in [5, 5.41) is 74.1. The lowest BCUT2D eigenvalue weighted by molar-refractivity contribution is -0.138. The highest BCUT2D eigenvalue weighted by molar-refractivity contribution is 14.1. The molecule has 2 atom stereocenters. The molecule has 0 spiro atoms. The summed E-state index contributed by atoms with van der Waals surface area (Å²) < 4.78 is 0.120. The van der Waals surface area contributed by atoms with E-state index < -0.39 is 106 Å². The minimum absolute atomic E-state index is 0.00399. The number of primary amides is 2. The molecule has 6 amide bonds. The number of benzene rings is 2. The molecule has 0 bridgehead atoms. The first-order valence-electron chi connectivity index (χ1n) is 14.9. The first-order valence-corrected chi connectivity index (χ1v) is 21.4. The van der Waals surface area contributed by atoms with Gasteiger partial charge in [0.2, 0.25) is 6.10 Å². The third-order valence-corrected chi connectivity index (χ3v) is 13.5. The molecule has 0 aliphatic carbocycles. The average Bonchev–Trinajstić information content (AvgIpc) is 3.10. The van der Waals surface area contributed by atoms with Gasteiger partial charge in [0.15, 0.2) is 0 Å². The number of aliphatic hydroxyl groups is 7. The third kappa shape index (κ3) is 11.3. The zero-order chi connectivity index (χ0) is 41.4. The van der Waals surface area contributed by atoms with E-state index in [1.165, 1.54) is 0 Å². The quantitative estimate of drug-likeness (QED) is 0.0592. The van der Waals surface area contributed by atoms with Crippen molar-refractivity contribution in [2.75, 3.05) is 62.4 Å². The fourth-order valence-electron chi connectivity index (χ4n) is 4.60. The van der Waals surface area contributed by atoms with Gasteiger partial charge >= 0.3 is 0 Å². The van der Waals surface area contributed by atoms with Crippen LogP contribution in [0.4, 0.5) is 11.4 Å². The summed E-state index contributed by atoms with van der Waals surface area (Å²) in [4.78, 5) is 81.8. The third-order valence-electron chi connectivity index (χ3n) is 7.14. The summed E-state index contributed by atoms with van der Waals surface area (Å²) in [6, 6.07) is 0. The lowest BCUT2D eigenvalue weighted by atomic mass is 10.1. The van der Waals surface area contributed by atoms with Crippen molar-refractivity contribution in [2.24, 2.45) is 11.5 Å². The van der Waals surface area contributed by atoms with E-state index in [-0.39, 0.29) is 55.0 Å². The SMILES string of the molecule is NC(=O)c1c(I)c(C(=O)NCC(O)CO)c(I)c(N(CCO)C(=O)C(O)C(=O)N(CCO)c2c(I)c(C(N)=O)c(I)c(C(=O)NCC(O)CO)c2I)c1I. The van der Waals surface area contributed by atoms with Gasteiger partial charge in [-0.15, -0.1) is 0 Å². The van der Waals surface area contributed by atoms with Gasteiger partial charge in [0.25, 0.3) is 35.4 Å². The minimum atomic E-state index is -2.61. The molecule has 0 saturated heterocycles. The first-order chi connectivity index (χ1) is 25.2. The monoisotopic (exact) mass is 1430 g/mol. The van der Waals surface area contributed by atoms with Crippen LogP contribution in [0.15, 0.2) is 0 Å². The van der Waals surface area contributed by atoms with Crippen LogP contribution in [0.5, 0.6) is 0 Å². The first kappa shape index (κ1) is 49.5. The average molecular weight is 1430 g/mol. The number of rotatable bonds is 18. The molecule has 0 fully saturated rings. The van der Waals surface area contributed by atoms with Crippen molar-refractivity contribution < 1.29 is 64.5 Å². The number of hydrogen-bond donors (Lipinski definition) is 11. The Morgan fingerprint density at radius 2 is 0.833 bits per heavy atom. The summed E-state index contributed by atoms with van der Waals surface area (Å²) in [6.07, 6.45) is -5.27. The van der Waals surface area contributed by atoms with E-state index in [2.05, 4.69) is 10.6 Å². The topological polar surface area (TPSA) is 327 Å². The molecule has 2 aromatic carbocycles. The number of carbonyl (C=O) groups is 6. The molecule has 0 aliphatic rings. The van der Waals surface area contributed by atoms with Gasteiger partial charge in [0, 0.05) is 33.3 Å². The summed E-state index contributed by atoms with van der Waals surface area (Å²) in [5.74, 6) is -6.48. The van der Waals surface area contributed by atoms with Crippen LogP contribution in [0.2, 0.25) is 0 Å². The van der Waals surface area contributed by atoms with E-state index in [4.69, 9.17) is 21.7 Å². The van der Waals surface area contributed by atoms with E-state index in [0.717, 1.165) is 9.80 Å². The lowest BCUT2D eigenvalue weighted by Gasteiger charge is -2.32. The van der Waals surface area contributed by atoms with Gasteiger partial charge in [0.1, 0.15) is 0 Å². The summed E-state index contributed by atoms with van der Waals surface area (Å²) in [5.41, 5.74) is 10.1. The van der Waals surface area contributed by atoms with Gasteiger partial charge < -0.3 is 67.6 Å². The minimum Gasteiger partial charge on any atom is -0.395 e. The van der Waals surface area contributed by atoms with Crippen molar-refractivity contribution in [2.45, 2.75) is 18.3 Å². The molecule has 298 valence electrons. The van der Waals surface area contributed by atoms with Crippen molar-refractivity contribution in [1.29, 1.82) is 0 Å². The number of amides is 6. The fraction of sp³-hybridized carbons (Fsp3) is 0.379. The maximum Gasteiger partial charge on any atom is 0.265 e. The van der Waals surface area contributed by atoms with Crippen molar-refractivity contribution in [1.82, 2.24) is 10.6 Å². The molecule has 54 heavy (non-hydrogen) atoms. The highest BCUT2D eigenvalue weighted by atomic mass is 127. The molecular weight excluding hydrogens is 1400 g/mol. The predicted molar refractivity (Wildman–Crippen MR) is 242 cm³/mol. The van der Waals surface area contributed by atoms with Crippen molar-refractivity contribution in [3.8, 4) is 0 Å². The number of nitrogens with two attached hydrogens (primary N) is 2. The smallest absolute Gasteiger partial charge is 0.265 e. The molecule has 2 rings (SSSR count). The van der Waals surface area contributed by atoms with E-state index in [1.54, 1.807) is 136 Å². The van der Waals surface area contributed by atoms with Gasteiger partial charge in [-0.3, -0.25) is 28.8 Å². The van der Waals surface area contributed by atoms with Crippen LogP contribution in [-0.4, -0.2) is 142 Å². The molecule has 2 unspecified atom stereocenters. The Bertz CT molecular complexity index is 1690. The normalized spacial score (nSPS) is 12.8. The Morgan fingerprint density at radius 1 is 0.537 bits per heavy atom. The maximum absolute atomic E-state index is 14.2. The molecular formula is C29H32I6N6O13. The Kier molecular flexibility index (Phi) is 20.6. The van der Waals surface area contributed by atoms with Crippen molar-refractivity contribution in [3.63, 3.8) is 0 Å². The van der Waals surface area contributed by atoms with E-state index in [0.29, 0.717) is 0 Å². The molecule has 0 saturated carbocycles. The standard InChI is InChI=1S/C29H32I6N6O13/c30-15-11(24(36)49)17(32)21(19(34)13(15)26(51)38-5-9(46)7-44)40(1-3-42)28(53)23(48)29(54)41(2-4-43)22-18(33)12(25(37)50)16(31)14(20(22)35)27(52)39-6-10(47)8-45/h9-10,23,42-48H,1-8H2,(H2,36,49)(H2,37,50)(H,38,51)(H,39,52). The van der Waals surface area contributed by atoms with Gasteiger partial charge in [-0.05, 0) is 136 Å². The molecule has 0 aliphatic heterocycles. The molecule has 2 aromatic rings. The summed E-state index contributed by atoms with van der Waals surface area (Å²) in [7, 11) is 0. The van der Waals surface area contributed by atoms with Crippen molar-refractivity contribution in [3.05, 3.63) is 43.7 Å². The predicted octanol–water partition coefficient (Wildman–Crippen LogP) is -1.61. The number of hydrogen-bond acceptors (Lipinski definition) is 13. The summed E-state index contributed by atoms with van der Waals surface area (Å²) in [6.45, 7) is -4.83. The van der Waals surface area contributed by atoms with E-state index in [9.17, 15) is 54.3 Å². The van der Waals surface area contributed by atoms with Gasteiger partial charge in [-0.2, -0.15) is 0 Å². The largest absolute Gasteiger partial charge is 0.395 e.